The highest BCUT2D eigenvalue weighted by Gasteiger charge is 2.15. The van der Waals surface area contributed by atoms with E-state index in [0.29, 0.717) is 13.2 Å². The minimum absolute atomic E-state index is 0. The van der Waals surface area contributed by atoms with Crippen LogP contribution >= 0.6 is 7.82 Å². The van der Waals surface area contributed by atoms with E-state index >= 15 is 0 Å². The first-order valence-electron chi connectivity index (χ1n) is 12.3. The van der Waals surface area contributed by atoms with Crippen LogP contribution in [0.25, 0.3) is 0 Å². The summed E-state index contributed by atoms with van der Waals surface area (Å²) in [6.45, 7) is 5.52. The van der Waals surface area contributed by atoms with Gasteiger partial charge in [0.05, 0.1) is 25.9 Å². The van der Waals surface area contributed by atoms with Crippen LogP contribution in [0.5, 0.6) is 0 Å². The molecule has 0 aromatic carbocycles. The molecule has 34 heavy (non-hydrogen) atoms. The van der Waals surface area contributed by atoms with E-state index < -0.39 is 7.82 Å². The van der Waals surface area contributed by atoms with Gasteiger partial charge in [-0.1, -0.05) is 133 Å². The van der Waals surface area contributed by atoms with E-state index in [1.807, 2.05) is 0 Å². The monoisotopic (exact) mass is 516 g/mol. The standard InChI is InChI=1S/C23H49O6P.4CH4/c1-3-4-5-6-7-8-9-10-11-12-13-14-15-16-17-18-19-27-20-21-28-23(2)22-29-30(24,25)26;;;;/h23H,3-22H2,1-2H3,(H2,24,25,26);4*1H4. The van der Waals surface area contributed by atoms with Crippen molar-refractivity contribution in [1.29, 1.82) is 0 Å². The zero-order valence-corrected chi connectivity index (χ0v) is 20.6. The Morgan fingerprint density at radius 1 is 0.618 bits per heavy atom. The molecule has 0 aliphatic heterocycles. The van der Waals surface area contributed by atoms with Crippen molar-refractivity contribution in [2.24, 2.45) is 0 Å². The number of rotatable bonds is 24. The van der Waals surface area contributed by atoms with Crippen LogP contribution in [0, 0.1) is 0 Å². The Morgan fingerprint density at radius 2 is 1.00 bits per heavy atom. The van der Waals surface area contributed by atoms with Gasteiger partial charge in [-0.15, -0.1) is 0 Å². The maximum Gasteiger partial charge on any atom is 0.469 e. The highest BCUT2D eigenvalue weighted by molar-refractivity contribution is 7.46. The third-order valence-corrected chi connectivity index (χ3v) is 5.74. The van der Waals surface area contributed by atoms with Crippen molar-refractivity contribution in [3.8, 4) is 0 Å². The summed E-state index contributed by atoms with van der Waals surface area (Å²) >= 11 is 0. The molecule has 0 aliphatic rings. The second-order valence-electron chi connectivity index (χ2n) is 8.38. The van der Waals surface area contributed by atoms with Gasteiger partial charge in [-0.25, -0.2) is 4.57 Å². The average molecular weight is 517 g/mol. The molecule has 214 valence electrons. The minimum Gasteiger partial charge on any atom is -0.379 e. The lowest BCUT2D eigenvalue weighted by Crippen LogP contribution is -2.18. The summed E-state index contributed by atoms with van der Waals surface area (Å²) in [5.74, 6) is 0. The maximum atomic E-state index is 10.6. The first kappa shape index (κ1) is 44.1. The second-order valence-corrected chi connectivity index (χ2v) is 9.62. The first-order chi connectivity index (χ1) is 14.5. The summed E-state index contributed by atoms with van der Waals surface area (Å²) in [7, 11) is -4.41. The molecule has 6 nitrogen and oxygen atoms in total. The van der Waals surface area contributed by atoms with Crippen LogP contribution in [0.15, 0.2) is 0 Å². The third kappa shape index (κ3) is 39.3. The third-order valence-electron chi connectivity index (χ3n) is 5.25. The lowest BCUT2D eigenvalue weighted by Gasteiger charge is -2.13. The van der Waals surface area contributed by atoms with Gasteiger partial charge in [0.15, 0.2) is 0 Å². The fraction of sp³-hybridized carbons (Fsp3) is 1.00. The van der Waals surface area contributed by atoms with Crippen molar-refractivity contribution >= 4 is 7.82 Å². The number of phosphoric ester groups is 1. The van der Waals surface area contributed by atoms with Gasteiger partial charge in [-0.05, 0) is 13.3 Å². The fourth-order valence-corrected chi connectivity index (χ4v) is 3.82. The normalized spacial score (nSPS) is 11.5. The summed E-state index contributed by atoms with van der Waals surface area (Å²) in [6.07, 6.45) is 21.4. The second kappa shape index (κ2) is 33.0. The van der Waals surface area contributed by atoms with E-state index in [1.165, 1.54) is 96.3 Å². The van der Waals surface area contributed by atoms with Crippen LogP contribution in [0.4, 0.5) is 0 Å². The van der Waals surface area contributed by atoms with Crippen LogP contribution in [-0.2, 0) is 18.6 Å². The number of unbranched alkanes of at least 4 members (excludes halogenated alkanes) is 15. The van der Waals surface area contributed by atoms with E-state index in [9.17, 15) is 4.57 Å². The zero-order chi connectivity index (χ0) is 22.3. The van der Waals surface area contributed by atoms with Crippen molar-refractivity contribution < 1.29 is 28.3 Å². The molecule has 0 rings (SSSR count). The van der Waals surface area contributed by atoms with E-state index in [4.69, 9.17) is 19.3 Å². The lowest BCUT2D eigenvalue weighted by molar-refractivity contribution is -0.0108. The predicted molar refractivity (Wildman–Crippen MR) is 151 cm³/mol. The van der Waals surface area contributed by atoms with E-state index in [0.717, 1.165) is 13.0 Å². The molecule has 0 spiro atoms. The van der Waals surface area contributed by atoms with Crippen LogP contribution in [-0.4, -0.2) is 42.3 Å². The molecular weight excluding hydrogens is 451 g/mol. The van der Waals surface area contributed by atoms with Crippen molar-refractivity contribution in [2.75, 3.05) is 26.4 Å². The minimum atomic E-state index is -4.41. The summed E-state index contributed by atoms with van der Waals surface area (Å²) < 4.78 is 25.9. The summed E-state index contributed by atoms with van der Waals surface area (Å²) in [5, 5.41) is 0. The molecular formula is C27H65O6P. The molecule has 1 unspecified atom stereocenters. The SMILES string of the molecule is C.C.C.C.CCCCCCCCCCCCCCCCCCOCCOC(C)COP(=O)(O)O. The maximum absolute atomic E-state index is 10.6. The summed E-state index contributed by atoms with van der Waals surface area (Å²) in [6, 6.07) is 0. The Labute approximate surface area is 215 Å². The molecule has 0 aromatic heterocycles. The van der Waals surface area contributed by atoms with E-state index in [2.05, 4.69) is 11.4 Å². The Kier molecular flexibility index (Phi) is 42.8. The molecule has 0 amide bonds. The largest absolute Gasteiger partial charge is 0.469 e. The molecule has 0 radical (unpaired) electrons. The smallest absolute Gasteiger partial charge is 0.379 e. The molecule has 0 aliphatic carbocycles. The van der Waals surface area contributed by atoms with Gasteiger partial charge in [0.1, 0.15) is 0 Å². The van der Waals surface area contributed by atoms with Gasteiger partial charge in [0.25, 0.3) is 0 Å². The Morgan fingerprint density at radius 3 is 1.38 bits per heavy atom. The summed E-state index contributed by atoms with van der Waals surface area (Å²) in [4.78, 5) is 17.2. The molecule has 7 heteroatoms. The van der Waals surface area contributed by atoms with Crippen LogP contribution in [0.1, 0.15) is 146 Å². The van der Waals surface area contributed by atoms with E-state index in [-0.39, 0.29) is 42.4 Å². The molecule has 0 heterocycles. The van der Waals surface area contributed by atoms with Crippen LogP contribution in [0.3, 0.4) is 0 Å². The zero-order valence-electron chi connectivity index (χ0n) is 19.7. The molecule has 0 saturated heterocycles. The van der Waals surface area contributed by atoms with E-state index in [1.54, 1.807) is 6.92 Å². The average Bonchev–Trinajstić information content (AvgIpc) is 2.70. The number of hydrogen-bond acceptors (Lipinski definition) is 4. The van der Waals surface area contributed by atoms with Gasteiger partial charge in [0.2, 0.25) is 0 Å². The number of hydrogen-bond donors (Lipinski definition) is 2. The predicted octanol–water partition coefficient (Wildman–Crippen LogP) is 9.32. The quantitative estimate of drug-likeness (QED) is 0.0981. The molecule has 0 saturated carbocycles. The summed E-state index contributed by atoms with van der Waals surface area (Å²) in [5.41, 5.74) is 0. The van der Waals surface area contributed by atoms with Crippen molar-refractivity contribution in [3.05, 3.63) is 0 Å². The van der Waals surface area contributed by atoms with Crippen molar-refractivity contribution in [2.45, 2.75) is 152 Å². The fourth-order valence-electron chi connectivity index (χ4n) is 3.41. The van der Waals surface area contributed by atoms with Crippen LogP contribution in [0.2, 0.25) is 0 Å². The van der Waals surface area contributed by atoms with Gasteiger partial charge >= 0.3 is 7.82 Å². The lowest BCUT2D eigenvalue weighted by atomic mass is 10.0. The highest BCUT2D eigenvalue weighted by Crippen LogP contribution is 2.35. The first-order valence-corrected chi connectivity index (χ1v) is 13.9. The Balaban J connectivity index is -0.000000701. The number of ether oxygens (including phenoxy) is 2. The van der Waals surface area contributed by atoms with Gasteiger partial charge < -0.3 is 19.3 Å². The molecule has 0 bridgehead atoms. The van der Waals surface area contributed by atoms with Gasteiger partial charge in [0, 0.05) is 6.61 Å². The molecule has 0 aromatic rings. The molecule has 0 fully saturated rings. The topological polar surface area (TPSA) is 85.2 Å². The molecule has 2 N–H and O–H groups in total. The molecule has 1 atom stereocenters. The van der Waals surface area contributed by atoms with Crippen molar-refractivity contribution in [3.63, 3.8) is 0 Å². The Hall–Kier alpha value is 0.0300. The Bertz CT molecular complexity index is 389. The van der Waals surface area contributed by atoms with Crippen molar-refractivity contribution in [1.82, 2.24) is 0 Å². The van der Waals surface area contributed by atoms with Gasteiger partial charge in [-0.2, -0.15) is 0 Å². The number of phosphoric acid groups is 1. The van der Waals surface area contributed by atoms with Crippen LogP contribution < -0.4 is 0 Å². The van der Waals surface area contributed by atoms with Gasteiger partial charge in [-0.3, -0.25) is 4.52 Å². The highest BCUT2D eigenvalue weighted by atomic mass is 31.2.